The molecular formula is C19H28N6O4. The smallest absolute Gasteiger partial charge is 0.354 e. The maximum Gasteiger partial charge on any atom is 0.354 e. The largest absolute Gasteiger partial charge is 0.464 e. The molecule has 2 aromatic rings. The lowest BCUT2D eigenvalue weighted by molar-refractivity contribution is -0.122. The van der Waals surface area contributed by atoms with E-state index in [4.69, 9.17) is 11.5 Å². The van der Waals surface area contributed by atoms with Crippen LogP contribution in [0, 0.1) is 0 Å². The molecule has 0 aliphatic carbocycles. The van der Waals surface area contributed by atoms with Gasteiger partial charge in [0, 0.05) is 11.4 Å². The number of ether oxygens (including phenoxy) is 1. The van der Waals surface area contributed by atoms with Gasteiger partial charge in [-0.2, -0.15) is 0 Å². The zero-order chi connectivity index (χ0) is 21.2. The standard InChI is InChI=1S/C19H28N6O4/c1-29-19(28)16-8-6-13(25-16)11-23-18(27)15-7-5-12(24-15)10-22-17(26)14(21)4-2-3-9-20/h5-8,14,24-25H,2-4,9-11,20-21H2,1H3,(H,22,26)(H,23,27)/t14-/m0/s1. The SMILES string of the molecule is COC(=O)c1ccc(CNC(=O)c2ccc(CNC(=O)[C@@H](N)CCCCN)[nH]2)[nH]1. The number of esters is 1. The van der Waals surface area contributed by atoms with Gasteiger partial charge in [0.2, 0.25) is 5.91 Å². The second-order valence-corrected chi connectivity index (χ2v) is 6.58. The van der Waals surface area contributed by atoms with E-state index >= 15 is 0 Å². The van der Waals surface area contributed by atoms with Crippen LogP contribution in [-0.2, 0) is 22.6 Å². The van der Waals surface area contributed by atoms with E-state index < -0.39 is 12.0 Å². The van der Waals surface area contributed by atoms with Gasteiger partial charge in [0.15, 0.2) is 0 Å². The van der Waals surface area contributed by atoms with E-state index in [0.717, 1.165) is 12.8 Å². The summed E-state index contributed by atoms with van der Waals surface area (Å²) in [6, 6.07) is 6.06. The molecule has 2 amide bonds. The number of aromatic nitrogens is 2. The first-order valence-corrected chi connectivity index (χ1v) is 9.40. The van der Waals surface area contributed by atoms with Gasteiger partial charge in [-0.3, -0.25) is 9.59 Å². The highest BCUT2D eigenvalue weighted by molar-refractivity contribution is 5.92. The number of nitrogens with two attached hydrogens (primary N) is 2. The van der Waals surface area contributed by atoms with Crippen molar-refractivity contribution in [3.8, 4) is 0 Å². The summed E-state index contributed by atoms with van der Waals surface area (Å²) < 4.78 is 4.62. The van der Waals surface area contributed by atoms with Crippen molar-refractivity contribution in [1.29, 1.82) is 0 Å². The van der Waals surface area contributed by atoms with E-state index in [1.54, 1.807) is 24.3 Å². The summed E-state index contributed by atoms with van der Waals surface area (Å²) in [5.74, 6) is -1.02. The Kier molecular flexibility index (Phi) is 8.44. The van der Waals surface area contributed by atoms with Gasteiger partial charge < -0.3 is 36.8 Å². The molecule has 0 radical (unpaired) electrons. The van der Waals surface area contributed by atoms with Crippen molar-refractivity contribution in [3.63, 3.8) is 0 Å². The third kappa shape index (κ3) is 6.77. The Labute approximate surface area is 168 Å². The van der Waals surface area contributed by atoms with Crippen LogP contribution in [0.1, 0.15) is 51.6 Å². The van der Waals surface area contributed by atoms with Crippen LogP contribution < -0.4 is 22.1 Å². The highest BCUT2D eigenvalue weighted by Crippen LogP contribution is 2.06. The Morgan fingerprint density at radius 2 is 1.62 bits per heavy atom. The summed E-state index contributed by atoms with van der Waals surface area (Å²) in [4.78, 5) is 41.5. The lowest BCUT2D eigenvalue weighted by Gasteiger charge is -2.11. The number of hydrogen-bond acceptors (Lipinski definition) is 6. The monoisotopic (exact) mass is 404 g/mol. The van der Waals surface area contributed by atoms with Gasteiger partial charge in [-0.05, 0) is 43.7 Å². The van der Waals surface area contributed by atoms with E-state index in [-0.39, 0.29) is 24.9 Å². The minimum absolute atomic E-state index is 0.221. The molecule has 2 rings (SSSR count). The van der Waals surface area contributed by atoms with Crippen molar-refractivity contribution in [1.82, 2.24) is 20.6 Å². The Hall–Kier alpha value is -3.11. The van der Waals surface area contributed by atoms with Gasteiger partial charge in [0.05, 0.1) is 26.2 Å². The fourth-order valence-corrected chi connectivity index (χ4v) is 2.67. The summed E-state index contributed by atoms with van der Waals surface area (Å²) in [5.41, 5.74) is 13.3. The maximum absolute atomic E-state index is 12.3. The molecule has 10 nitrogen and oxygen atoms in total. The number of carbonyl (C=O) groups is 3. The predicted molar refractivity (Wildman–Crippen MR) is 107 cm³/mol. The number of aromatic amines is 2. The molecule has 0 aliphatic heterocycles. The van der Waals surface area contributed by atoms with Crippen LogP contribution in [0.4, 0.5) is 0 Å². The van der Waals surface area contributed by atoms with Crippen LogP contribution in [0.15, 0.2) is 24.3 Å². The minimum Gasteiger partial charge on any atom is -0.464 e. The van der Waals surface area contributed by atoms with Crippen molar-refractivity contribution < 1.29 is 19.1 Å². The molecule has 0 bridgehead atoms. The Balaban J connectivity index is 1.78. The summed E-state index contributed by atoms with van der Waals surface area (Å²) in [6.07, 6.45) is 2.22. The molecule has 0 unspecified atom stereocenters. The molecule has 8 N–H and O–H groups in total. The highest BCUT2D eigenvalue weighted by Gasteiger charge is 2.14. The van der Waals surface area contributed by atoms with Crippen molar-refractivity contribution in [3.05, 3.63) is 47.0 Å². The molecule has 0 spiro atoms. The average Bonchev–Trinajstić information content (AvgIpc) is 3.39. The van der Waals surface area contributed by atoms with E-state index in [1.165, 1.54) is 7.11 Å². The number of amides is 2. The topological polar surface area (TPSA) is 168 Å². The Morgan fingerprint density at radius 1 is 1.00 bits per heavy atom. The normalized spacial score (nSPS) is 11.7. The van der Waals surface area contributed by atoms with Crippen LogP contribution in [-0.4, -0.2) is 47.4 Å². The second kappa shape index (κ2) is 11.0. The number of unbranched alkanes of at least 4 members (excludes halogenated alkanes) is 1. The fourth-order valence-electron chi connectivity index (χ4n) is 2.67. The summed E-state index contributed by atoms with van der Waals surface area (Å²) in [5, 5.41) is 5.49. The highest BCUT2D eigenvalue weighted by atomic mass is 16.5. The summed E-state index contributed by atoms with van der Waals surface area (Å²) >= 11 is 0. The Morgan fingerprint density at radius 3 is 2.28 bits per heavy atom. The van der Waals surface area contributed by atoms with Crippen LogP contribution in [0.5, 0.6) is 0 Å². The number of nitrogens with one attached hydrogen (secondary N) is 4. The van der Waals surface area contributed by atoms with Gasteiger partial charge in [-0.1, -0.05) is 6.42 Å². The lowest BCUT2D eigenvalue weighted by Crippen LogP contribution is -2.40. The first-order valence-electron chi connectivity index (χ1n) is 9.40. The number of methoxy groups -OCH3 is 1. The van der Waals surface area contributed by atoms with E-state index in [2.05, 4.69) is 25.3 Å². The van der Waals surface area contributed by atoms with E-state index in [0.29, 0.717) is 35.7 Å². The van der Waals surface area contributed by atoms with Crippen LogP contribution >= 0.6 is 0 Å². The molecule has 0 fully saturated rings. The van der Waals surface area contributed by atoms with Crippen molar-refractivity contribution in [2.75, 3.05) is 13.7 Å². The molecule has 2 aromatic heterocycles. The molecule has 0 aliphatic rings. The summed E-state index contributed by atoms with van der Waals surface area (Å²) in [6.45, 7) is 1.05. The third-order valence-electron chi connectivity index (χ3n) is 4.34. The quantitative estimate of drug-likeness (QED) is 0.230. The first-order chi connectivity index (χ1) is 13.9. The Bertz CT molecular complexity index is 828. The van der Waals surface area contributed by atoms with Crippen LogP contribution in [0.25, 0.3) is 0 Å². The molecule has 158 valence electrons. The van der Waals surface area contributed by atoms with Crippen LogP contribution in [0.3, 0.4) is 0 Å². The van der Waals surface area contributed by atoms with E-state index in [9.17, 15) is 14.4 Å². The molecule has 2 heterocycles. The number of hydrogen-bond donors (Lipinski definition) is 6. The fraction of sp³-hybridized carbons (Fsp3) is 0.421. The molecular weight excluding hydrogens is 376 g/mol. The van der Waals surface area contributed by atoms with Gasteiger partial charge in [0.1, 0.15) is 11.4 Å². The zero-order valence-electron chi connectivity index (χ0n) is 16.4. The predicted octanol–water partition coefficient (Wildman–Crippen LogP) is 0.132. The second-order valence-electron chi connectivity index (χ2n) is 6.58. The zero-order valence-corrected chi connectivity index (χ0v) is 16.4. The van der Waals surface area contributed by atoms with Crippen molar-refractivity contribution in [2.24, 2.45) is 11.5 Å². The first kappa shape index (κ1) is 22.2. The average molecular weight is 404 g/mol. The number of rotatable bonds is 11. The maximum atomic E-state index is 12.3. The van der Waals surface area contributed by atoms with Crippen LogP contribution in [0.2, 0.25) is 0 Å². The van der Waals surface area contributed by atoms with Crippen molar-refractivity contribution >= 4 is 17.8 Å². The molecule has 0 aromatic carbocycles. The molecule has 1 atom stereocenters. The number of carbonyl (C=O) groups excluding carboxylic acids is 3. The number of H-pyrrole nitrogens is 2. The molecule has 10 heteroatoms. The van der Waals surface area contributed by atoms with Gasteiger partial charge in [-0.25, -0.2) is 4.79 Å². The lowest BCUT2D eigenvalue weighted by atomic mass is 10.1. The third-order valence-corrected chi connectivity index (χ3v) is 4.34. The van der Waals surface area contributed by atoms with Gasteiger partial charge >= 0.3 is 5.97 Å². The van der Waals surface area contributed by atoms with Gasteiger partial charge in [-0.15, -0.1) is 0 Å². The van der Waals surface area contributed by atoms with Crippen molar-refractivity contribution in [2.45, 2.75) is 38.4 Å². The molecule has 0 saturated carbocycles. The summed E-state index contributed by atoms with van der Waals surface area (Å²) in [7, 11) is 1.30. The van der Waals surface area contributed by atoms with Gasteiger partial charge in [0.25, 0.3) is 5.91 Å². The minimum atomic E-state index is -0.574. The molecule has 0 saturated heterocycles. The van der Waals surface area contributed by atoms with E-state index in [1.807, 2.05) is 0 Å². The molecule has 29 heavy (non-hydrogen) atoms.